The van der Waals surface area contributed by atoms with Gasteiger partial charge < -0.3 is 9.84 Å². The highest BCUT2D eigenvalue weighted by molar-refractivity contribution is 5.82. The first-order chi connectivity index (χ1) is 11.9. The molecule has 1 aromatic carbocycles. The monoisotopic (exact) mass is 358 g/mol. The van der Waals surface area contributed by atoms with Crippen molar-refractivity contribution in [1.82, 2.24) is 0 Å². The van der Waals surface area contributed by atoms with Crippen molar-refractivity contribution >= 4 is 18.0 Å². The predicted octanol–water partition coefficient (Wildman–Crippen LogP) is 5.27. The van der Waals surface area contributed by atoms with E-state index in [1.54, 1.807) is 12.2 Å². The van der Waals surface area contributed by atoms with E-state index in [1.165, 1.54) is 12.2 Å². The maximum absolute atomic E-state index is 11.3. The lowest BCUT2D eigenvalue weighted by molar-refractivity contribution is -0.148. The molecule has 1 N–H and O–H groups in total. The van der Waals surface area contributed by atoms with Crippen molar-refractivity contribution in [1.29, 1.82) is 0 Å². The van der Waals surface area contributed by atoms with Gasteiger partial charge in [0.15, 0.2) is 0 Å². The number of rotatable bonds is 4. The fourth-order valence-electron chi connectivity index (χ4n) is 1.52. The lowest BCUT2D eigenvalue weighted by Gasteiger charge is -2.17. The summed E-state index contributed by atoms with van der Waals surface area (Å²) in [5.74, 6) is -1.21. The predicted molar refractivity (Wildman–Crippen MR) is 107 cm³/mol. The maximum atomic E-state index is 11.3. The zero-order valence-electron chi connectivity index (χ0n) is 16.5. The summed E-state index contributed by atoms with van der Waals surface area (Å²) in [4.78, 5) is 21.3. The third-order valence-corrected chi connectivity index (χ3v) is 2.56. The highest BCUT2D eigenvalue weighted by atomic mass is 16.6. The van der Waals surface area contributed by atoms with Crippen LogP contribution in [0.2, 0.25) is 0 Å². The van der Waals surface area contributed by atoms with Crippen molar-refractivity contribution < 1.29 is 19.4 Å². The van der Waals surface area contributed by atoms with Gasteiger partial charge in [0.1, 0.15) is 5.60 Å². The molecular weight excluding hydrogens is 328 g/mol. The highest BCUT2D eigenvalue weighted by Crippen LogP contribution is 2.13. The minimum Gasteiger partial charge on any atom is -0.478 e. The average molecular weight is 358 g/mol. The summed E-state index contributed by atoms with van der Waals surface area (Å²) in [5.41, 5.74) is 0.629. The van der Waals surface area contributed by atoms with Crippen LogP contribution >= 0.6 is 0 Å². The van der Waals surface area contributed by atoms with Gasteiger partial charge in [-0.05, 0) is 31.7 Å². The molecule has 0 radical (unpaired) electrons. The van der Waals surface area contributed by atoms with Crippen molar-refractivity contribution in [3.05, 3.63) is 66.3 Å². The van der Waals surface area contributed by atoms with Crippen LogP contribution in [0.4, 0.5) is 0 Å². The van der Waals surface area contributed by atoms with E-state index in [-0.39, 0.29) is 11.4 Å². The second kappa shape index (κ2) is 11.1. The van der Waals surface area contributed by atoms with Crippen molar-refractivity contribution in [2.75, 3.05) is 0 Å². The fraction of sp³-hybridized carbons (Fsp3) is 0.364. The van der Waals surface area contributed by atoms with E-state index in [4.69, 9.17) is 9.84 Å². The van der Waals surface area contributed by atoms with Gasteiger partial charge in [-0.15, -0.1) is 0 Å². The van der Waals surface area contributed by atoms with Gasteiger partial charge in [-0.2, -0.15) is 0 Å². The van der Waals surface area contributed by atoms with Gasteiger partial charge in [0.2, 0.25) is 0 Å². The molecule has 0 saturated heterocycles. The topological polar surface area (TPSA) is 63.6 Å². The normalized spacial score (nSPS) is 12.2. The largest absolute Gasteiger partial charge is 0.478 e. The van der Waals surface area contributed by atoms with Gasteiger partial charge >= 0.3 is 11.9 Å². The molecule has 0 aromatic heterocycles. The van der Waals surface area contributed by atoms with Crippen LogP contribution in [0.3, 0.4) is 0 Å². The van der Waals surface area contributed by atoms with E-state index in [0.29, 0.717) is 0 Å². The molecule has 0 spiro atoms. The second-order valence-electron chi connectivity index (χ2n) is 7.70. The van der Waals surface area contributed by atoms with Crippen LogP contribution in [0.1, 0.15) is 47.1 Å². The van der Waals surface area contributed by atoms with E-state index >= 15 is 0 Å². The molecule has 0 atom stereocenters. The summed E-state index contributed by atoms with van der Waals surface area (Å²) < 4.78 is 5.13. The van der Waals surface area contributed by atoms with Gasteiger partial charge in [-0.25, -0.2) is 9.59 Å². The number of carboxylic acid groups (broad SMARTS) is 1. The number of esters is 1. The number of carbonyl (C=O) groups excluding carboxylic acids is 1. The number of aliphatic carboxylic acids is 1. The first-order valence-electron chi connectivity index (χ1n) is 8.44. The summed E-state index contributed by atoms with van der Waals surface area (Å²) in [6.45, 7) is 11.4. The summed E-state index contributed by atoms with van der Waals surface area (Å²) in [5, 5.41) is 8.19. The summed E-state index contributed by atoms with van der Waals surface area (Å²) in [6, 6.07) is 9.90. The zero-order chi connectivity index (χ0) is 20.2. The Balaban J connectivity index is 0.000000590. The number of ether oxygens (including phenoxy) is 1. The lowest BCUT2D eigenvalue weighted by atomic mass is 9.96. The Morgan fingerprint density at radius 1 is 0.923 bits per heavy atom. The maximum Gasteiger partial charge on any atom is 0.331 e. The van der Waals surface area contributed by atoms with Crippen LogP contribution in [0.15, 0.2) is 60.7 Å². The molecule has 0 unspecified atom stereocenters. The molecule has 26 heavy (non-hydrogen) atoms. The molecule has 0 aliphatic heterocycles. The van der Waals surface area contributed by atoms with Crippen LogP contribution in [0.25, 0.3) is 6.08 Å². The Kier molecular flexibility index (Phi) is 9.97. The molecule has 1 rings (SSSR count). The average Bonchev–Trinajstić information content (AvgIpc) is 2.49. The van der Waals surface area contributed by atoms with Crippen LogP contribution in [-0.2, 0) is 14.3 Å². The number of carbonyl (C=O) groups is 2. The molecule has 0 aliphatic rings. The zero-order valence-corrected chi connectivity index (χ0v) is 16.5. The minimum absolute atomic E-state index is 0.0294. The van der Waals surface area contributed by atoms with Crippen molar-refractivity contribution in [2.45, 2.75) is 47.1 Å². The van der Waals surface area contributed by atoms with E-state index in [9.17, 15) is 9.59 Å². The Labute approximate surface area is 156 Å². The molecule has 0 bridgehead atoms. The number of hydrogen-bond acceptors (Lipinski definition) is 3. The summed E-state index contributed by atoms with van der Waals surface area (Å²) in [6.07, 6.45) is 9.68. The fourth-order valence-corrected chi connectivity index (χ4v) is 1.52. The molecule has 0 fully saturated rings. The standard InChI is InChI=1S/C15H18O2.C7H12O2/c1-15(2,3)17-14(16)12-8-7-11-13-9-5-4-6-10-13;1-7(2,3)5-4-6(8)9/h4-12H,1-3H3;4-5H,1-3H3,(H,8,9). The molecule has 0 heterocycles. The Hall–Kier alpha value is -2.62. The van der Waals surface area contributed by atoms with Crippen molar-refractivity contribution in [3.63, 3.8) is 0 Å². The Bertz CT molecular complexity index is 639. The van der Waals surface area contributed by atoms with Crippen LogP contribution in [0, 0.1) is 5.41 Å². The lowest BCUT2D eigenvalue weighted by Crippen LogP contribution is -2.22. The van der Waals surface area contributed by atoms with Crippen LogP contribution < -0.4 is 0 Å². The van der Waals surface area contributed by atoms with Gasteiger partial charge in [0, 0.05) is 12.2 Å². The van der Waals surface area contributed by atoms with Crippen LogP contribution in [0.5, 0.6) is 0 Å². The van der Waals surface area contributed by atoms with Gasteiger partial charge in [0.25, 0.3) is 0 Å². The molecule has 0 saturated carbocycles. The highest BCUT2D eigenvalue weighted by Gasteiger charge is 2.13. The molecular formula is C22H30O4. The molecule has 0 amide bonds. The minimum atomic E-state index is -0.884. The number of allylic oxidation sites excluding steroid dienone is 3. The summed E-state index contributed by atoms with van der Waals surface area (Å²) >= 11 is 0. The van der Waals surface area contributed by atoms with Gasteiger partial charge in [-0.1, -0.05) is 75.4 Å². The number of carboxylic acids is 1. The number of benzene rings is 1. The molecule has 1 aromatic rings. The van der Waals surface area contributed by atoms with E-state index in [1.807, 2.05) is 84.0 Å². The molecule has 4 nitrogen and oxygen atoms in total. The van der Waals surface area contributed by atoms with Crippen molar-refractivity contribution in [3.8, 4) is 0 Å². The van der Waals surface area contributed by atoms with E-state index < -0.39 is 11.6 Å². The molecule has 0 aliphatic carbocycles. The van der Waals surface area contributed by atoms with E-state index in [0.717, 1.165) is 5.56 Å². The van der Waals surface area contributed by atoms with Gasteiger partial charge in [-0.3, -0.25) is 0 Å². The Morgan fingerprint density at radius 2 is 1.50 bits per heavy atom. The summed E-state index contributed by atoms with van der Waals surface area (Å²) in [7, 11) is 0. The van der Waals surface area contributed by atoms with Gasteiger partial charge in [0.05, 0.1) is 0 Å². The van der Waals surface area contributed by atoms with Crippen LogP contribution in [-0.4, -0.2) is 22.6 Å². The second-order valence-corrected chi connectivity index (χ2v) is 7.70. The number of hydrogen-bond donors (Lipinski definition) is 1. The smallest absolute Gasteiger partial charge is 0.331 e. The van der Waals surface area contributed by atoms with Crippen molar-refractivity contribution in [2.24, 2.45) is 5.41 Å². The first kappa shape index (κ1) is 23.4. The quantitative estimate of drug-likeness (QED) is 0.452. The third kappa shape index (κ3) is 16.2. The SMILES string of the molecule is CC(C)(C)C=CC(=O)O.CC(C)(C)OC(=O)C=CC=Cc1ccccc1. The first-order valence-corrected chi connectivity index (χ1v) is 8.44. The van der Waals surface area contributed by atoms with E-state index in [2.05, 4.69) is 0 Å². The molecule has 4 heteroatoms. The molecule has 142 valence electrons. The Morgan fingerprint density at radius 3 is 1.92 bits per heavy atom. The third-order valence-electron chi connectivity index (χ3n) is 2.56.